The SMILES string of the molecule is COC(=O)c1ccc(Cl)c2c1[C@@H]1C=CC[C@H]1[C@@H](c1ccc(Cl)cc1)N2. The first-order valence-corrected chi connectivity index (χ1v) is 8.95. The summed E-state index contributed by atoms with van der Waals surface area (Å²) in [5, 5.41) is 4.90. The highest BCUT2D eigenvalue weighted by Gasteiger charge is 2.40. The second-order valence-corrected chi connectivity index (χ2v) is 7.25. The van der Waals surface area contributed by atoms with E-state index in [0.717, 1.165) is 23.2 Å². The van der Waals surface area contributed by atoms with Gasteiger partial charge in [-0.3, -0.25) is 0 Å². The first kappa shape index (κ1) is 16.5. The Labute approximate surface area is 156 Å². The van der Waals surface area contributed by atoms with Gasteiger partial charge in [0.1, 0.15) is 0 Å². The quantitative estimate of drug-likeness (QED) is 0.549. The Morgan fingerprint density at radius 2 is 1.92 bits per heavy atom. The van der Waals surface area contributed by atoms with E-state index >= 15 is 0 Å². The maximum absolute atomic E-state index is 12.2. The normalized spacial score (nSPS) is 23.6. The lowest BCUT2D eigenvalue weighted by atomic mass is 9.75. The second-order valence-electron chi connectivity index (χ2n) is 6.40. The Bertz CT molecular complexity index is 861. The van der Waals surface area contributed by atoms with Gasteiger partial charge in [-0.05, 0) is 47.7 Å². The number of esters is 1. The summed E-state index contributed by atoms with van der Waals surface area (Å²) in [5.41, 5.74) is 3.49. The van der Waals surface area contributed by atoms with Crippen molar-refractivity contribution in [3.63, 3.8) is 0 Å². The summed E-state index contributed by atoms with van der Waals surface area (Å²) in [4.78, 5) is 12.2. The molecule has 1 heterocycles. The van der Waals surface area contributed by atoms with E-state index in [1.165, 1.54) is 7.11 Å². The smallest absolute Gasteiger partial charge is 0.338 e. The van der Waals surface area contributed by atoms with E-state index in [-0.39, 0.29) is 17.9 Å². The maximum atomic E-state index is 12.2. The molecule has 5 heteroatoms. The van der Waals surface area contributed by atoms with Crippen molar-refractivity contribution in [1.29, 1.82) is 0 Å². The molecule has 3 atom stereocenters. The van der Waals surface area contributed by atoms with Gasteiger partial charge >= 0.3 is 5.97 Å². The summed E-state index contributed by atoms with van der Waals surface area (Å²) in [6.07, 6.45) is 5.30. The molecule has 0 amide bonds. The van der Waals surface area contributed by atoms with E-state index < -0.39 is 0 Å². The van der Waals surface area contributed by atoms with Gasteiger partial charge in [0.25, 0.3) is 0 Å². The van der Waals surface area contributed by atoms with Crippen LogP contribution in [0.1, 0.15) is 39.9 Å². The molecule has 0 radical (unpaired) electrons. The monoisotopic (exact) mass is 373 g/mol. The minimum Gasteiger partial charge on any atom is -0.465 e. The Morgan fingerprint density at radius 1 is 1.16 bits per heavy atom. The number of ether oxygens (including phenoxy) is 1. The molecule has 0 unspecified atom stereocenters. The molecule has 2 aromatic rings. The van der Waals surface area contributed by atoms with Gasteiger partial charge in [-0.25, -0.2) is 4.79 Å². The van der Waals surface area contributed by atoms with Crippen LogP contribution in [0.25, 0.3) is 0 Å². The van der Waals surface area contributed by atoms with Crippen LogP contribution in [0.2, 0.25) is 10.0 Å². The number of halogens is 2. The van der Waals surface area contributed by atoms with Crippen LogP contribution in [-0.2, 0) is 4.74 Å². The molecule has 2 aromatic carbocycles. The topological polar surface area (TPSA) is 38.3 Å². The van der Waals surface area contributed by atoms with E-state index in [4.69, 9.17) is 27.9 Å². The van der Waals surface area contributed by atoms with Gasteiger partial charge < -0.3 is 10.1 Å². The van der Waals surface area contributed by atoms with Crippen molar-refractivity contribution in [3.05, 3.63) is 75.3 Å². The first-order chi connectivity index (χ1) is 12.1. The Balaban J connectivity index is 1.85. The van der Waals surface area contributed by atoms with Crippen molar-refractivity contribution in [2.75, 3.05) is 12.4 Å². The average Bonchev–Trinajstić information content (AvgIpc) is 3.11. The van der Waals surface area contributed by atoms with Crippen LogP contribution < -0.4 is 5.32 Å². The predicted octanol–water partition coefficient (Wildman–Crippen LogP) is 5.61. The zero-order valence-corrected chi connectivity index (χ0v) is 15.1. The maximum Gasteiger partial charge on any atom is 0.338 e. The minimum absolute atomic E-state index is 0.107. The van der Waals surface area contributed by atoms with Crippen LogP contribution in [0.4, 0.5) is 5.69 Å². The van der Waals surface area contributed by atoms with Crippen molar-refractivity contribution in [1.82, 2.24) is 0 Å². The predicted molar refractivity (Wildman–Crippen MR) is 101 cm³/mol. The third-order valence-corrected chi connectivity index (χ3v) is 5.67. The Hall–Kier alpha value is -1.97. The third-order valence-electron chi connectivity index (χ3n) is 5.10. The number of methoxy groups -OCH3 is 1. The molecule has 1 N–H and O–H groups in total. The molecular weight excluding hydrogens is 357 g/mol. The summed E-state index contributed by atoms with van der Waals surface area (Å²) < 4.78 is 4.97. The minimum atomic E-state index is -0.335. The number of rotatable bonds is 2. The zero-order chi connectivity index (χ0) is 17.6. The molecule has 128 valence electrons. The molecule has 0 fully saturated rings. The second kappa shape index (κ2) is 6.40. The first-order valence-electron chi connectivity index (χ1n) is 8.19. The standard InChI is InChI=1S/C20H17Cl2NO2/c1-25-20(24)15-9-10-16(22)19-17(15)13-3-2-4-14(13)18(23-19)11-5-7-12(21)8-6-11/h2-3,5-10,13-14,18,23H,4H2,1H3/t13-,14-,18-/m1/s1. The molecule has 0 aromatic heterocycles. The number of carbonyl (C=O) groups excluding carboxylic acids is 1. The molecule has 2 aliphatic rings. The van der Waals surface area contributed by atoms with Gasteiger partial charge in [0.15, 0.2) is 0 Å². The van der Waals surface area contributed by atoms with Gasteiger partial charge in [0, 0.05) is 10.9 Å². The molecular formula is C20H17Cl2NO2. The lowest BCUT2D eigenvalue weighted by Gasteiger charge is -2.38. The van der Waals surface area contributed by atoms with Crippen molar-refractivity contribution in [2.45, 2.75) is 18.4 Å². The van der Waals surface area contributed by atoms with Gasteiger partial charge in [-0.1, -0.05) is 47.5 Å². The lowest BCUT2D eigenvalue weighted by Crippen LogP contribution is -2.30. The molecule has 1 aliphatic heterocycles. The van der Waals surface area contributed by atoms with E-state index in [9.17, 15) is 4.79 Å². The molecule has 0 spiro atoms. The molecule has 25 heavy (non-hydrogen) atoms. The Kier molecular flexibility index (Phi) is 4.22. The number of anilines is 1. The summed E-state index contributed by atoms with van der Waals surface area (Å²) in [5.74, 6) is 0.110. The third kappa shape index (κ3) is 2.72. The fourth-order valence-corrected chi connectivity index (χ4v) is 4.31. The lowest BCUT2D eigenvalue weighted by molar-refractivity contribution is 0.0598. The van der Waals surface area contributed by atoms with Gasteiger partial charge in [-0.15, -0.1) is 0 Å². The van der Waals surface area contributed by atoms with Crippen LogP contribution in [0.15, 0.2) is 48.6 Å². The highest BCUT2D eigenvalue weighted by atomic mass is 35.5. The van der Waals surface area contributed by atoms with Crippen LogP contribution in [0, 0.1) is 5.92 Å². The Morgan fingerprint density at radius 3 is 2.64 bits per heavy atom. The van der Waals surface area contributed by atoms with Gasteiger partial charge in [0.2, 0.25) is 0 Å². The molecule has 4 rings (SSSR count). The summed E-state index contributed by atoms with van der Waals surface area (Å²) >= 11 is 12.5. The number of hydrogen-bond acceptors (Lipinski definition) is 3. The largest absolute Gasteiger partial charge is 0.465 e. The number of hydrogen-bond donors (Lipinski definition) is 1. The van der Waals surface area contributed by atoms with E-state index in [1.807, 2.05) is 24.3 Å². The molecule has 0 saturated carbocycles. The number of carbonyl (C=O) groups is 1. The number of allylic oxidation sites excluding steroid dienone is 2. The van der Waals surface area contributed by atoms with Crippen molar-refractivity contribution < 1.29 is 9.53 Å². The van der Waals surface area contributed by atoms with Crippen molar-refractivity contribution >= 4 is 34.9 Å². The fraction of sp³-hybridized carbons (Fsp3) is 0.250. The molecule has 0 bridgehead atoms. The van der Waals surface area contributed by atoms with E-state index in [1.54, 1.807) is 12.1 Å². The molecule has 1 aliphatic carbocycles. The summed E-state index contributed by atoms with van der Waals surface area (Å²) in [7, 11) is 1.40. The zero-order valence-electron chi connectivity index (χ0n) is 13.6. The van der Waals surface area contributed by atoms with Gasteiger partial charge in [-0.2, -0.15) is 0 Å². The van der Waals surface area contributed by atoms with E-state index in [2.05, 4.69) is 17.5 Å². The summed E-state index contributed by atoms with van der Waals surface area (Å²) in [6.45, 7) is 0. The van der Waals surface area contributed by atoms with Crippen molar-refractivity contribution in [2.24, 2.45) is 5.92 Å². The van der Waals surface area contributed by atoms with Crippen LogP contribution in [0.5, 0.6) is 0 Å². The number of fused-ring (bicyclic) bond motifs is 3. The molecule has 0 saturated heterocycles. The van der Waals surface area contributed by atoms with Crippen LogP contribution >= 0.6 is 23.2 Å². The van der Waals surface area contributed by atoms with Crippen LogP contribution in [-0.4, -0.2) is 13.1 Å². The average molecular weight is 374 g/mol. The highest BCUT2D eigenvalue weighted by Crippen LogP contribution is 2.52. The fourth-order valence-electron chi connectivity index (χ4n) is 3.96. The number of nitrogens with one attached hydrogen (secondary N) is 1. The summed E-state index contributed by atoms with van der Waals surface area (Å²) in [6, 6.07) is 11.5. The van der Waals surface area contributed by atoms with E-state index in [0.29, 0.717) is 21.5 Å². The van der Waals surface area contributed by atoms with Crippen LogP contribution in [0.3, 0.4) is 0 Å². The molecule has 3 nitrogen and oxygen atoms in total. The van der Waals surface area contributed by atoms with Crippen molar-refractivity contribution in [3.8, 4) is 0 Å². The van der Waals surface area contributed by atoms with Gasteiger partial charge in [0.05, 0.1) is 29.4 Å². The number of benzene rings is 2. The highest BCUT2D eigenvalue weighted by molar-refractivity contribution is 6.33.